The van der Waals surface area contributed by atoms with E-state index in [1.807, 2.05) is 19.1 Å². The first kappa shape index (κ1) is 28.5. The van der Waals surface area contributed by atoms with E-state index in [9.17, 15) is 18.0 Å². The van der Waals surface area contributed by atoms with E-state index in [4.69, 9.17) is 14.2 Å². The zero-order valence-electron chi connectivity index (χ0n) is 22.7. The van der Waals surface area contributed by atoms with Gasteiger partial charge in [0.05, 0.1) is 18.6 Å². The second-order valence-corrected chi connectivity index (χ2v) is 11.9. The fourth-order valence-corrected chi connectivity index (χ4v) is 6.03. The Balaban J connectivity index is 1.64. The summed E-state index contributed by atoms with van der Waals surface area (Å²) in [6.45, 7) is 3.10. The molecule has 4 rings (SSSR count). The van der Waals surface area contributed by atoms with Crippen LogP contribution in [0.2, 0.25) is 0 Å². The number of anilines is 1. The molecule has 1 aliphatic heterocycles. The smallest absolute Gasteiger partial charge is 0.244 e. The van der Waals surface area contributed by atoms with E-state index in [-0.39, 0.29) is 31.0 Å². The lowest BCUT2D eigenvalue weighted by atomic mass is 10.1. The number of amides is 2. The van der Waals surface area contributed by atoms with Gasteiger partial charge < -0.3 is 24.4 Å². The molecule has 0 radical (unpaired) electrons. The molecule has 0 spiro atoms. The zero-order valence-corrected chi connectivity index (χ0v) is 23.5. The molecule has 10 nitrogen and oxygen atoms in total. The summed E-state index contributed by atoms with van der Waals surface area (Å²) in [5, 5.41) is 3.11. The van der Waals surface area contributed by atoms with Crippen molar-refractivity contribution in [3.8, 4) is 17.2 Å². The van der Waals surface area contributed by atoms with Crippen LogP contribution in [0, 0.1) is 0 Å². The van der Waals surface area contributed by atoms with E-state index in [2.05, 4.69) is 5.32 Å². The number of rotatable bonds is 12. The van der Waals surface area contributed by atoms with E-state index in [1.54, 1.807) is 37.4 Å². The Labute approximate surface area is 230 Å². The third-order valence-corrected chi connectivity index (χ3v) is 8.96. The molecule has 2 aromatic carbocycles. The largest absolute Gasteiger partial charge is 0.497 e. The first-order chi connectivity index (χ1) is 18.7. The Morgan fingerprint density at radius 3 is 2.38 bits per heavy atom. The molecular formula is C28H37N3O7S. The van der Waals surface area contributed by atoms with Gasteiger partial charge in [-0.3, -0.25) is 13.9 Å². The van der Waals surface area contributed by atoms with Crippen LogP contribution in [0.1, 0.15) is 51.5 Å². The molecule has 0 bridgehead atoms. The number of benzene rings is 2. The average Bonchev–Trinajstić information content (AvgIpc) is 3.63. The fourth-order valence-electron chi connectivity index (χ4n) is 4.97. The first-order valence-electron chi connectivity index (χ1n) is 13.4. The molecule has 2 amide bonds. The first-order valence-corrected chi connectivity index (χ1v) is 15.0. The van der Waals surface area contributed by atoms with Gasteiger partial charge in [0.2, 0.25) is 28.6 Å². The van der Waals surface area contributed by atoms with Gasteiger partial charge in [-0.1, -0.05) is 31.9 Å². The quantitative estimate of drug-likeness (QED) is 0.424. The SMILES string of the molecule is CC[C@H](C(=O)NC1CCCC1)N(Cc1ccc(OC)cc1)C(=O)CN(c1ccc2c(c1)OCO2)S(=O)(=O)CC. The van der Waals surface area contributed by atoms with Crippen molar-refractivity contribution in [2.24, 2.45) is 0 Å². The number of ether oxygens (including phenoxy) is 3. The highest BCUT2D eigenvalue weighted by atomic mass is 32.2. The summed E-state index contributed by atoms with van der Waals surface area (Å²) in [5.41, 5.74) is 1.09. The normalized spacial score (nSPS) is 15.6. The van der Waals surface area contributed by atoms with Crippen LogP contribution in [0.25, 0.3) is 0 Å². The van der Waals surface area contributed by atoms with Gasteiger partial charge in [0.25, 0.3) is 0 Å². The Morgan fingerprint density at radius 2 is 1.74 bits per heavy atom. The maximum atomic E-state index is 14.0. The lowest BCUT2D eigenvalue weighted by molar-refractivity contribution is -0.140. The lowest BCUT2D eigenvalue weighted by Gasteiger charge is -2.33. The Hall–Kier alpha value is -3.47. The average molecular weight is 560 g/mol. The number of hydrogen-bond donors (Lipinski definition) is 1. The Kier molecular flexibility index (Phi) is 9.21. The molecule has 1 atom stereocenters. The minimum Gasteiger partial charge on any atom is -0.497 e. The second kappa shape index (κ2) is 12.6. The molecular weight excluding hydrogens is 522 g/mol. The standard InChI is InChI=1S/C28H37N3O7S/c1-4-24(28(33)29-21-8-6-7-9-21)30(17-20-10-13-23(36-3)14-11-20)27(32)18-31(39(34,35)5-2)22-12-15-25-26(16-22)38-19-37-25/h10-16,21,24H,4-9,17-19H2,1-3H3,(H,29,33)/t24-/m1/s1. The number of hydrogen-bond acceptors (Lipinski definition) is 7. The van der Waals surface area contributed by atoms with E-state index < -0.39 is 28.5 Å². The van der Waals surface area contributed by atoms with Crippen LogP contribution in [0.15, 0.2) is 42.5 Å². The summed E-state index contributed by atoms with van der Waals surface area (Å²) in [4.78, 5) is 28.9. The van der Waals surface area contributed by atoms with Crippen LogP contribution in [-0.2, 0) is 26.2 Å². The fraction of sp³-hybridized carbons (Fsp3) is 0.500. The summed E-state index contributed by atoms with van der Waals surface area (Å²) in [5.74, 6) is 0.689. The van der Waals surface area contributed by atoms with Crippen molar-refractivity contribution in [3.05, 3.63) is 48.0 Å². The lowest BCUT2D eigenvalue weighted by Crippen LogP contribution is -2.53. The topological polar surface area (TPSA) is 114 Å². The minimum atomic E-state index is -3.84. The number of fused-ring (bicyclic) bond motifs is 1. The van der Waals surface area contributed by atoms with Crippen molar-refractivity contribution in [2.75, 3.05) is 30.5 Å². The summed E-state index contributed by atoms with van der Waals surface area (Å²) in [7, 11) is -2.27. The zero-order chi connectivity index (χ0) is 28.0. The molecule has 1 fully saturated rings. The minimum absolute atomic E-state index is 0.0438. The van der Waals surface area contributed by atoms with Crippen LogP contribution < -0.4 is 23.8 Å². The van der Waals surface area contributed by atoms with Gasteiger partial charge in [0.15, 0.2) is 11.5 Å². The molecule has 0 saturated heterocycles. The third kappa shape index (κ3) is 6.76. The number of carbonyl (C=O) groups is 2. The van der Waals surface area contributed by atoms with Crippen molar-refractivity contribution in [3.63, 3.8) is 0 Å². The third-order valence-electron chi connectivity index (χ3n) is 7.22. The van der Waals surface area contributed by atoms with Gasteiger partial charge in [-0.15, -0.1) is 0 Å². The Morgan fingerprint density at radius 1 is 1.05 bits per heavy atom. The van der Waals surface area contributed by atoms with E-state index in [0.29, 0.717) is 29.4 Å². The highest BCUT2D eigenvalue weighted by Crippen LogP contribution is 2.36. The van der Waals surface area contributed by atoms with Crippen molar-refractivity contribution < 1.29 is 32.2 Å². The monoisotopic (exact) mass is 559 g/mol. The number of methoxy groups -OCH3 is 1. The van der Waals surface area contributed by atoms with E-state index >= 15 is 0 Å². The molecule has 212 valence electrons. The Bertz CT molecular complexity index is 1260. The van der Waals surface area contributed by atoms with Crippen LogP contribution >= 0.6 is 0 Å². The van der Waals surface area contributed by atoms with Crippen molar-refractivity contribution in [1.82, 2.24) is 10.2 Å². The van der Waals surface area contributed by atoms with Crippen LogP contribution in [-0.4, -0.2) is 63.4 Å². The summed E-state index contributed by atoms with van der Waals surface area (Å²) in [6.07, 6.45) is 4.35. The number of carbonyl (C=O) groups excluding carboxylic acids is 2. The number of nitrogens with one attached hydrogen (secondary N) is 1. The van der Waals surface area contributed by atoms with Gasteiger partial charge in [0, 0.05) is 18.7 Å². The molecule has 0 aromatic heterocycles. The molecule has 1 aliphatic carbocycles. The summed E-state index contributed by atoms with van der Waals surface area (Å²) in [6, 6.07) is 11.3. The van der Waals surface area contributed by atoms with Crippen molar-refractivity contribution in [1.29, 1.82) is 0 Å². The van der Waals surface area contributed by atoms with Gasteiger partial charge in [-0.2, -0.15) is 0 Å². The van der Waals surface area contributed by atoms with Gasteiger partial charge in [-0.05, 0) is 56.0 Å². The second-order valence-electron chi connectivity index (χ2n) is 9.73. The number of sulfonamides is 1. The van der Waals surface area contributed by atoms with E-state index in [1.165, 1.54) is 11.8 Å². The molecule has 1 N–H and O–H groups in total. The van der Waals surface area contributed by atoms with Crippen molar-refractivity contribution >= 4 is 27.5 Å². The van der Waals surface area contributed by atoms with Gasteiger partial charge in [0.1, 0.15) is 18.3 Å². The predicted molar refractivity (Wildman–Crippen MR) is 147 cm³/mol. The van der Waals surface area contributed by atoms with Gasteiger partial charge in [-0.25, -0.2) is 8.42 Å². The maximum Gasteiger partial charge on any atom is 0.244 e. The van der Waals surface area contributed by atoms with E-state index in [0.717, 1.165) is 35.6 Å². The number of nitrogens with zero attached hydrogens (tertiary/aromatic N) is 2. The molecule has 0 unspecified atom stereocenters. The van der Waals surface area contributed by atoms with Crippen LogP contribution in [0.5, 0.6) is 17.2 Å². The summed E-state index contributed by atoms with van der Waals surface area (Å²) >= 11 is 0. The molecule has 2 aromatic rings. The molecule has 1 saturated carbocycles. The predicted octanol–water partition coefficient (Wildman–Crippen LogP) is 3.45. The molecule has 11 heteroatoms. The molecule has 2 aliphatic rings. The highest BCUT2D eigenvalue weighted by molar-refractivity contribution is 7.92. The van der Waals surface area contributed by atoms with Crippen LogP contribution in [0.3, 0.4) is 0 Å². The maximum absolute atomic E-state index is 14.0. The highest BCUT2D eigenvalue weighted by Gasteiger charge is 2.34. The van der Waals surface area contributed by atoms with Crippen LogP contribution in [0.4, 0.5) is 5.69 Å². The molecule has 1 heterocycles. The molecule has 39 heavy (non-hydrogen) atoms. The van der Waals surface area contributed by atoms with Gasteiger partial charge >= 0.3 is 0 Å². The summed E-state index contributed by atoms with van der Waals surface area (Å²) < 4.78 is 43.5. The van der Waals surface area contributed by atoms with Crippen molar-refractivity contribution in [2.45, 2.75) is 64.6 Å².